The van der Waals surface area contributed by atoms with Crippen molar-refractivity contribution in [1.29, 1.82) is 0 Å². The van der Waals surface area contributed by atoms with Crippen molar-refractivity contribution >= 4 is 12.4 Å². The molecule has 2 nitrogen and oxygen atoms in total. The second-order valence-corrected chi connectivity index (χ2v) is 3.95. The monoisotopic (exact) mass is 177 g/mol. The maximum Gasteiger partial charge on any atom is 0.0616 e. The topological polar surface area (TPSA) is 46.2 Å². The van der Waals surface area contributed by atoms with Crippen molar-refractivity contribution in [3.8, 4) is 0 Å². The van der Waals surface area contributed by atoms with Crippen molar-refractivity contribution in [2.75, 3.05) is 6.61 Å². The zero-order valence-electron chi connectivity index (χ0n) is 6.68. The summed E-state index contributed by atoms with van der Waals surface area (Å²) in [5, 5.41) is 9.02. The summed E-state index contributed by atoms with van der Waals surface area (Å²) < 4.78 is 0. The van der Waals surface area contributed by atoms with Gasteiger partial charge < -0.3 is 10.8 Å². The van der Waals surface area contributed by atoms with Gasteiger partial charge in [-0.1, -0.05) is 6.42 Å². The molecule has 66 valence electrons. The van der Waals surface area contributed by atoms with Gasteiger partial charge in [0.25, 0.3) is 0 Å². The number of hydrogen-bond donors (Lipinski definition) is 2. The van der Waals surface area contributed by atoms with Crippen LogP contribution >= 0.6 is 12.4 Å². The Kier molecular flexibility index (Phi) is 2.21. The third-order valence-electron chi connectivity index (χ3n) is 3.70. The first-order chi connectivity index (χ1) is 4.72. The summed E-state index contributed by atoms with van der Waals surface area (Å²) in [7, 11) is 0. The molecule has 0 amide bonds. The molecule has 0 aromatic heterocycles. The Morgan fingerprint density at radius 1 is 1.18 bits per heavy atom. The molecule has 2 aliphatic rings. The number of nitrogens with two attached hydrogens (primary N) is 1. The highest BCUT2D eigenvalue weighted by atomic mass is 35.5. The molecule has 0 radical (unpaired) electrons. The first-order valence-corrected chi connectivity index (χ1v) is 4.12. The van der Waals surface area contributed by atoms with Gasteiger partial charge in [0, 0.05) is 5.54 Å². The van der Waals surface area contributed by atoms with Crippen LogP contribution < -0.4 is 5.73 Å². The van der Waals surface area contributed by atoms with Crippen LogP contribution in [0.4, 0.5) is 0 Å². The summed E-state index contributed by atoms with van der Waals surface area (Å²) in [6, 6.07) is 0. The van der Waals surface area contributed by atoms with Gasteiger partial charge in [0.2, 0.25) is 0 Å². The fraction of sp³-hybridized carbons (Fsp3) is 1.00. The molecule has 11 heavy (non-hydrogen) atoms. The molecule has 2 saturated carbocycles. The second kappa shape index (κ2) is 2.61. The van der Waals surface area contributed by atoms with E-state index in [0.717, 1.165) is 6.42 Å². The van der Waals surface area contributed by atoms with E-state index in [1.54, 1.807) is 0 Å². The first kappa shape index (κ1) is 9.30. The van der Waals surface area contributed by atoms with Gasteiger partial charge in [-0.2, -0.15) is 0 Å². The number of hydrogen-bond acceptors (Lipinski definition) is 2. The number of aliphatic hydroxyl groups excluding tert-OH is 1. The Hall–Kier alpha value is 0.210. The highest BCUT2D eigenvalue weighted by molar-refractivity contribution is 5.85. The zero-order chi connectivity index (χ0) is 7.24. The fourth-order valence-corrected chi connectivity index (χ4v) is 2.40. The van der Waals surface area contributed by atoms with E-state index in [9.17, 15) is 0 Å². The highest BCUT2D eigenvalue weighted by Gasteiger charge is 2.58. The molecular weight excluding hydrogens is 162 g/mol. The lowest BCUT2D eigenvalue weighted by atomic mass is 9.46. The molecule has 0 aliphatic heterocycles. The lowest BCUT2D eigenvalue weighted by molar-refractivity contribution is -0.0975. The molecule has 0 heterocycles. The molecular formula is C8H16ClNO. The molecule has 2 fully saturated rings. The first-order valence-electron chi connectivity index (χ1n) is 4.12. The summed E-state index contributed by atoms with van der Waals surface area (Å²) in [5.41, 5.74) is 6.18. The van der Waals surface area contributed by atoms with E-state index in [2.05, 4.69) is 0 Å². The molecule has 0 aromatic rings. The average molecular weight is 178 g/mol. The third-order valence-corrected chi connectivity index (χ3v) is 3.70. The van der Waals surface area contributed by atoms with Gasteiger partial charge in [-0.05, 0) is 31.1 Å². The van der Waals surface area contributed by atoms with Gasteiger partial charge in [0.05, 0.1) is 6.61 Å². The van der Waals surface area contributed by atoms with E-state index in [0.29, 0.717) is 5.41 Å². The molecule has 3 heteroatoms. The Balaban J connectivity index is 0.000000605. The Morgan fingerprint density at radius 2 is 1.82 bits per heavy atom. The average Bonchev–Trinajstić information content (AvgIpc) is 1.81. The van der Waals surface area contributed by atoms with Gasteiger partial charge in [0.15, 0.2) is 0 Å². The maximum absolute atomic E-state index is 9.02. The smallest absolute Gasteiger partial charge is 0.0616 e. The molecule has 0 aromatic carbocycles. The Bertz CT molecular complexity index is 139. The van der Waals surface area contributed by atoms with Crippen LogP contribution in [0.3, 0.4) is 0 Å². The molecule has 1 atom stereocenters. The summed E-state index contributed by atoms with van der Waals surface area (Å²) >= 11 is 0. The van der Waals surface area contributed by atoms with Crippen molar-refractivity contribution in [1.82, 2.24) is 0 Å². The molecule has 3 N–H and O–H groups in total. The molecule has 0 saturated heterocycles. The van der Waals surface area contributed by atoms with Crippen LogP contribution in [0.5, 0.6) is 0 Å². The van der Waals surface area contributed by atoms with Crippen molar-refractivity contribution in [3.63, 3.8) is 0 Å². The zero-order valence-corrected chi connectivity index (χ0v) is 7.49. The van der Waals surface area contributed by atoms with Crippen LogP contribution in [0, 0.1) is 5.41 Å². The molecule has 1 unspecified atom stereocenters. The quantitative estimate of drug-likeness (QED) is 0.630. The number of aliphatic hydroxyl groups is 1. The van der Waals surface area contributed by atoms with Crippen LogP contribution in [0.25, 0.3) is 0 Å². The third kappa shape index (κ3) is 0.930. The van der Waals surface area contributed by atoms with Crippen molar-refractivity contribution in [2.24, 2.45) is 11.1 Å². The SMILES string of the molecule is Cl.NC1(CO)CCC12CCC2. The van der Waals surface area contributed by atoms with E-state index in [4.69, 9.17) is 10.8 Å². The van der Waals surface area contributed by atoms with E-state index in [-0.39, 0.29) is 24.6 Å². The van der Waals surface area contributed by atoms with Crippen LogP contribution in [0.2, 0.25) is 0 Å². The van der Waals surface area contributed by atoms with Gasteiger partial charge in [-0.3, -0.25) is 0 Å². The molecule has 2 rings (SSSR count). The molecule has 0 bridgehead atoms. The van der Waals surface area contributed by atoms with Gasteiger partial charge in [-0.25, -0.2) is 0 Å². The lowest BCUT2D eigenvalue weighted by Crippen LogP contribution is -2.68. The van der Waals surface area contributed by atoms with Gasteiger partial charge in [0.1, 0.15) is 0 Å². The normalized spacial score (nSPS) is 38.7. The van der Waals surface area contributed by atoms with Crippen LogP contribution in [0.1, 0.15) is 32.1 Å². The van der Waals surface area contributed by atoms with Crippen molar-refractivity contribution in [2.45, 2.75) is 37.6 Å². The van der Waals surface area contributed by atoms with E-state index in [1.165, 1.54) is 25.7 Å². The summed E-state index contributed by atoms with van der Waals surface area (Å²) in [4.78, 5) is 0. The van der Waals surface area contributed by atoms with E-state index in [1.807, 2.05) is 0 Å². The predicted molar refractivity (Wildman–Crippen MR) is 46.8 cm³/mol. The van der Waals surface area contributed by atoms with Gasteiger partial charge in [-0.15, -0.1) is 12.4 Å². The Morgan fingerprint density at radius 3 is 1.91 bits per heavy atom. The fourth-order valence-electron chi connectivity index (χ4n) is 2.40. The molecule has 1 spiro atoms. The minimum absolute atomic E-state index is 0. The van der Waals surface area contributed by atoms with Crippen LogP contribution in [-0.4, -0.2) is 17.3 Å². The van der Waals surface area contributed by atoms with E-state index < -0.39 is 0 Å². The van der Waals surface area contributed by atoms with Crippen LogP contribution in [0.15, 0.2) is 0 Å². The lowest BCUT2D eigenvalue weighted by Gasteiger charge is -2.62. The maximum atomic E-state index is 9.02. The van der Waals surface area contributed by atoms with Crippen LogP contribution in [-0.2, 0) is 0 Å². The summed E-state index contributed by atoms with van der Waals surface area (Å²) in [6.07, 6.45) is 6.11. The Labute approximate surface area is 73.6 Å². The standard InChI is InChI=1S/C8H15NO.ClH/c9-8(6-10)5-4-7(8)2-1-3-7;/h10H,1-6,9H2;1H. The largest absolute Gasteiger partial charge is 0.394 e. The summed E-state index contributed by atoms with van der Waals surface area (Å²) in [5.74, 6) is 0. The van der Waals surface area contributed by atoms with E-state index >= 15 is 0 Å². The van der Waals surface area contributed by atoms with Gasteiger partial charge >= 0.3 is 0 Å². The van der Waals surface area contributed by atoms with Crippen molar-refractivity contribution in [3.05, 3.63) is 0 Å². The second-order valence-electron chi connectivity index (χ2n) is 3.95. The number of halogens is 1. The number of rotatable bonds is 1. The minimum atomic E-state index is -0.189. The predicted octanol–water partition coefficient (Wildman–Crippen LogP) is 1.06. The minimum Gasteiger partial charge on any atom is -0.394 e. The summed E-state index contributed by atoms with van der Waals surface area (Å²) in [6.45, 7) is 0.188. The van der Waals surface area contributed by atoms with Crippen molar-refractivity contribution < 1.29 is 5.11 Å². The highest BCUT2D eigenvalue weighted by Crippen LogP contribution is 2.60. The molecule has 2 aliphatic carbocycles.